The van der Waals surface area contributed by atoms with Gasteiger partial charge in [0.1, 0.15) is 17.2 Å². The van der Waals surface area contributed by atoms with Gasteiger partial charge in [-0.2, -0.15) is 0 Å². The van der Waals surface area contributed by atoms with Crippen LogP contribution in [0.15, 0.2) is 29.2 Å². The van der Waals surface area contributed by atoms with Gasteiger partial charge in [0.2, 0.25) is 5.43 Å². The smallest absolute Gasteiger partial charge is 0.276 e. The molecule has 2 N–H and O–H groups in total. The Morgan fingerprint density at radius 2 is 2.06 bits per heavy atom. The SMILES string of the molecule is CC[C@H](C)[C@H]1CO[C@@H]2Cn3cc(C(=O)NCc4ccc(F)cc4F)c(=O)c(O)c3C(=O)N12.[Na]. The van der Waals surface area contributed by atoms with Crippen molar-refractivity contribution in [1.29, 1.82) is 0 Å². The number of aromatic hydroxyl groups is 1. The second kappa shape index (κ2) is 9.92. The fourth-order valence-electron chi connectivity index (χ4n) is 4.12. The molecule has 0 bridgehead atoms. The summed E-state index contributed by atoms with van der Waals surface area (Å²) in [6, 6.07) is 2.75. The number of nitrogens with zero attached hydrogens (tertiary/aromatic N) is 2. The molecule has 1 aromatic carbocycles. The van der Waals surface area contributed by atoms with Gasteiger partial charge in [0.25, 0.3) is 11.8 Å². The summed E-state index contributed by atoms with van der Waals surface area (Å²) in [4.78, 5) is 39.9. The molecule has 0 spiro atoms. The number of halogens is 2. The van der Waals surface area contributed by atoms with Gasteiger partial charge in [0.15, 0.2) is 17.7 Å². The molecule has 11 heteroatoms. The molecule has 1 radical (unpaired) electrons. The number of amides is 2. The molecule has 1 aromatic heterocycles. The normalized spacial score (nSPS) is 20.0. The van der Waals surface area contributed by atoms with E-state index in [0.717, 1.165) is 12.5 Å². The van der Waals surface area contributed by atoms with Gasteiger partial charge in [-0.15, -0.1) is 0 Å². The number of hydrogen-bond acceptors (Lipinski definition) is 5. The number of carbonyl (C=O) groups excluding carboxylic acids is 2. The minimum atomic E-state index is -1.000. The molecule has 0 unspecified atom stereocenters. The van der Waals surface area contributed by atoms with Gasteiger partial charge in [-0.3, -0.25) is 14.4 Å². The van der Waals surface area contributed by atoms with E-state index < -0.39 is 46.4 Å². The van der Waals surface area contributed by atoms with E-state index in [2.05, 4.69) is 5.32 Å². The first-order valence-electron chi connectivity index (χ1n) is 10.4. The summed E-state index contributed by atoms with van der Waals surface area (Å²) < 4.78 is 34.0. The van der Waals surface area contributed by atoms with E-state index in [9.17, 15) is 28.3 Å². The molecule has 2 aromatic rings. The Kier molecular flexibility index (Phi) is 7.62. The molecular formula is C22H23F2N3NaO5. The molecule has 2 aliphatic heterocycles. The van der Waals surface area contributed by atoms with Crippen LogP contribution in [0.5, 0.6) is 5.75 Å². The molecule has 1 fully saturated rings. The molecule has 1 saturated heterocycles. The maximum atomic E-state index is 13.8. The Morgan fingerprint density at radius 3 is 2.73 bits per heavy atom. The summed E-state index contributed by atoms with van der Waals surface area (Å²) in [6.45, 7) is 4.21. The van der Waals surface area contributed by atoms with E-state index in [1.807, 2.05) is 13.8 Å². The zero-order valence-corrected chi connectivity index (χ0v) is 20.6. The Morgan fingerprint density at radius 1 is 1.33 bits per heavy atom. The van der Waals surface area contributed by atoms with E-state index in [1.165, 1.54) is 16.8 Å². The zero-order valence-electron chi connectivity index (χ0n) is 18.6. The number of benzene rings is 1. The first kappa shape index (κ1) is 25.4. The predicted molar refractivity (Wildman–Crippen MR) is 115 cm³/mol. The summed E-state index contributed by atoms with van der Waals surface area (Å²) in [5, 5.41) is 12.9. The van der Waals surface area contributed by atoms with Crippen molar-refractivity contribution in [2.45, 2.75) is 45.6 Å². The van der Waals surface area contributed by atoms with Gasteiger partial charge < -0.3 is 24.6 Å². The zero-order chi connectivity index (χ0) is 23.2. The third-order valence-corrected chi connectivity index (χ3v) is 6.17. The van der Waals surface area contributed by atoms with Crippen LogP contribution in [0, 0.1) is 17.6 Å². The van der Waals surface area contributed by atoms with Crippen molar-refractivity contribution in [1.82, 2.24) is 14.8 Å². The Bertz CT molecular complexity index is 1160. The molecule has 8 nitrogen and oxygen atoms in total. The van der Waals surface area contributed by atoms with Gasteiger partial charge in [-0.25, -0.2) is 8.78 Å². The average molecular weight is 470 g/mol. The minimum Gasteiger partial charge on any atom is -0.503 e. The van der Waals surface area contributed by atoms with Crippen molar-refractivity contribution in [3.63, 3.8) is 0 Å². The van der Waals surface area contributed by atoms with E-state index in [1.54, 1.807) is 4.90 Å². The summed E-state index contributed by atoms with van der Waals surface area (Å²) in [6.07, 6.45) is 1.46. The van der Waals surface area contributed by atoms with E-state index in [0.29, 0.717) is 12.7 Å². The van der Waals surface area contributed by atoms with Gasteiger partial charge in [0, 0.05) is 53.9 Å². The summed E-state index contributed by atoms with van der Waals surface area (Å²) in [7, 11) is 0. The van der Waals surface area contributed by atoms with Crippen LogP contribution in [0.3, 0.4) is 0 Å². The molecule has 171 valence electrons. The molecule has 0 aliphatic carbocycles. The third kappa shape index (κ3) is 4.57. The molecule has 33 heavy (non-hydrogen) atoms. The quantitative estimate of drug-likeness (QED) is 0.647. The summed E-state index contributed by atoms with van der Waals surface area (Å²) in [5.41, 5.74) is -1.55. The number of hydrogen-bond donors (Lipinski definition) is 2. The Balaban J connectivity index is 0.00000306. The van der Waals surface area contributed by atoms with Gasteiger partial charge >= 0.3 is 0 Å². The first-order valence-corrected chi connectivity index (χ1v) is 10.4. The van der Waals surface area contributed by atoms with Crippen LogP contribution < -0.4 is 10.7 Å². The molecule has 3 heterocycles. The van der Waals surface area contributed by atoms with E-state index >= 15 is 0 Å². The number of pyridine rings is 1. The van der Waals surface area contributed by atoms with Crippen LogP contribution in [-0.2, 0) is 17.8 Å². The average Bonchev–Trinajstić information content (AvgIpc) is 3.19. The second-order valence-corrected chi connectivity index (χ2v) is 8.09. The van der Waals surface area contributed by atoms with Crippen molar-refractivity contribution in [2.24, 2.45) is 5.92 Å². The van der Waals surface area contributed by atoms with Crippen molar-refractivity contribution < 1.29 is 28.2 Å². The number of rotatable bonds is 5. The fourth-order valence-corrected chi connectivity index (χ4v) is 4.12. The van der Waals surface area contributed by atoms with Crippen LogP contribution in [-0.4, -0.2) is 74.8 Å². The predicted octanol–water partition coefficient (Wildman–Crippen LogP) is 1.61. The molecule has 4 rings (SSSR count). The molecule has 0 saturated carbocycles. The topological polar surface area (TPSA) is 101 Å². The van der Waals surface area contributed by atoms with Gasteiger partial charge in [-0.1, -0.05) is 26.3 Å². The van der Waals surface area contributed by atoms with Gasteiger partial charge in [0.05, 0.1) is 19.2 Å². The Labute approximate surface area is 210 Å². The molecule has 2 amide bonds. The van der Waals surface area contributed by atoms with Crippen molar-refractivity contribution in [2.75, 3.05) is 6.61 Å². The van der Waals surface area contributed by atoms with Crippen LogP contribution >= 0.6 is 0 Å². The first-order chi connectivity index (χ1) is 15.2. The molecule has 2 aliphatic rings. The third-order valence-electron chi connectivity index (χ3n) is 6.17. The summed E-state index contributed by atoms with van der Waals surface area (Å²) in [5.74, 6) is -3.62. The fraction of sp³-hybridized carbons (Fsp3) is 0.409. The number of fused-ring (bicyclic) bond motifs is 2. The summed E-state index contributed by atoms with van der Waals surface area (Å²) >= 11 is 0. The standard InChI is InChI=1S/C22H23F2N3O5.Na/c1-3-11(2)16-10-32-17-9-26-8-14(19(28)20(29)18(26)22(31)27(16)17)21(30)25-7-12-4-5-13(23)6-15(12)24;/h4-6,8,11,16-17,29H,3,7,9-10H2,1-2H3,(H,25,30);/t11-,16+,17+;/m0./s1. The monoisotopic (exact) mass is 470 g/mol. The van der Waals surface area contributed by atoms with Crippen molar-refractivity contribution in [3.05, 3.63) is 63.1 Å². The van der Waals surface area contributed by atoms with Crippen molar-refractivity contribution >= 4 is 41.4 Å². The van der Waals surface area contributed by atoms with Crippen LogP contribution in [0.1, 0.15) is 46.7 Å². The maximum Gasteiger partial charge on any atom is 0.276 e. The maximum absolute atomic E-state index is 13.8. The number of ether oxygens (including phenoxy) is 1. The van der Waals surface area contributed by atoms with Crippen LogP contribution in [0.25, 0.3) is 0 Å². The molecule has 3 atom stereocenters. The number of aromatic nitrogens is 1. The van der Waals surface area contributed by atoms with E-state index in [4.69, 9.17) is 4.74 Å². The second-order valence-electron chi connectivity index (χ2n) is 8.09. The van der Waals surface area contributed by atoms with Crippen LogP contribution in [0.2, 0.25) is 0 Å². The van der Waals surface area contributed by atoms with Crippen LogP contribution in [0.4, 0.5) is 8.78 Å². The van der Waals surface area contributed by atoms with Gasteiger partial charge in [-0.05, 0) is 12.0 Å². The Hall–Kier alpha value is -2.27. The number of carbonyl (C=O) groups is 2. The molecular weight excluding hydrogens is 447 g/mol. The minimum absolute atomic E-state index is 0. The van der Waals surface area contributed by atoms with E-state index in [-0.39, 0.29) is 65.9 Å². The van der Waals surface area contributed by atoms with Crippen molar-refractivity contribution in [3.8, 4) is 5.75 Å². The largest absolute Gasteiger partial charge is 0.503 e. The number of nitrogens with one attached hydrogen (secondary N) is 1.